The van der Waals surface area contributed by atoms with E-state index in [1.54, 1.807) is 0 Å². The molecule has 1 aromatic carbocycles. The number of nitrogens with zero attached hydrogens (tertiary/aromatic N) is 4. The van der Waals surface area contributed by atoms with E-state index in [0.29, 0.717) is 11.8 Å². The van der Waals surface area contributed by atoms with Gasteiger partial charge in [-0.25, -0.2) is 0 Å². The van der Waals surface area contributed by atoms with Crippen LogP contribution in [0.1, 0.15) is 49.4 Å². The fourth-order valence-corrected chi connectivity index (χ4v) is 4.61. The van der Waals surface area contributed by atoms with Gasteiger partial charge in [0.2, 0.25) is 17.7 Å². The Balaban J connectivity index is 1.42. The van der Waals surface area contributed by atoms with Gasteiger partial charge in [0.05, 0.1) is 12.5 Å². The van der Waals surface area contributed by atoms with E-state index in [-0.39, 0.29) is 17.2 Å². The molecule has 2 fully saturated rings. The number of carbonyl (C=O) groups is 1. The fraction of sp³-hybridized carbons (Fsp3) is 0.571. The SMILES string of the molecule is CCc1nnc(CN2CCC3(CC2)C[C@H](c2ccccc2)C(=O)N(C)C3)o1. The summed E-state index contributed by atoms with van der Waals surface area (Å²) < 4.78 is 5.66. The Bertz CT molecular complexity index is 780. The lowest BCUT2D eigenvalue weighted by molar-refractivity contribution is -0.139. The van der Waals surface area contributed by atoms with Crippen LogP contribution in [0.15, 0.2) is 34.7 Å². The summed E-state index contributed by atoms with van der Waals surface area (Å²) in [6.07, 6.45) is 3.93. The highest BCUT2D eigenvalue weighted by Crippen LogP contribution is 2.45. The molecule has 1 spiro atoms. The molecule has 0 bridgehead atoms. The molecule has 0 unspecified atom stereocenters. The van der Waals surface area contributed by atoms with Crippen molar-refractivity contribution in [2.45, 2.75) is 45.1 Å². The number of hydrogen-bond donors (Lipinski definition) is 0. The van der Waals surface area contributed by atoms with Crippen LogP contribution >= 0.6 is 0 Å². The van der Waals surface area contributed by atoms with E-state index < -0.39 is 0 Å². The number of likely N-dealkylation sites (N-methyl/N-ethyl adjacent to an activating group) is 1. The van der Waals surface area contributed by atoms with E-state index in [9.17, 15) is 4.79 Å². The molecule has 0 aliphatic carbocycles. The average molecular weight is 368 g/mol. The minimum absolute atomic E-state index is 0.0143. The number of carbonyl (C=O) groups excluding carboxylic acids is 1. The van der Waals surface area contributed by atoms with Crippen LogP contribution in [-0.4, -0.2) is 52.6 Å². The fourth-order valence-electron chi connectivity index (χ4n) is 4.61. The predicted molar refractivity (Wildman–Crippen MR) is 102 cm³/mol. The molecule has 2 aliphatic heterocycles. The molecule has 2 saturated heterocycles. The molecule has 0 saturated carbocycles. The lowest BCUT2D eigenvalue weighted by Crippen LogP contribution is -2.52. The Kier molecular flexibility index (Phi) is 5.00. The summed E-state index contributed by atoms with van der Waals surface area (Å²) in [5.74, 6) is 1.66. The van der Waals surface area contributed by atoms with Gasteiger partial charge in [0.1, 0.15) is 0 Å². The van der Waals surface area contributed by atoms with Gasteiger partial charge in [0, 0.05) is 20.0 Å². The molecule has 144 valence electrons. The van der Waals surface area contributed by atoms with Crippen molar-refractivity contribution in [2.24, 2.45) is 5.41 Å². The lowest BCUT2D eigenvalue weighted by Gasteiger charge is -2.49. The molecule has 1 amide bonds. The van der Waals surface area contributed by atoms with Crippen LogP contribution in [0.4, 0.5) is 0 Å². The van der Waals surface area contributed by atoms with Gasteiger partial charge in [0.25, 0.3) is 0 Å². The highest BCUT2D eigenvalue weighted by molar-refractivity contribution is 5.84. The molecular weight excluding hydrogens is 340 g/mol. The zero-order valence-electron chi connectivity index (χ0n) is 16.2. The van der Waals surface area contributed by atoms with E-state index >= 15 is 0 Å². The molecule has 1 aromatic heterocycles. The van der Waals surface area contributed by atoms with Crippen LogP contribution in [0.2, 0.25) is 0 Å². The van der Waals surface area contributed by atoms with Crippen LogP contribution in [0.5, 0.6) is 0 Å². The van der Waals surface area contributed by atoms with Gasteiger partial charge < -0.3 is 9.32 Å². The normalized spacial score (nSPS) is 23.1. The Morgan fingerprint density at radius 3 is 2.52 bits per heavy atom. The number of aryl methyl sites for hydroxylation is 1. The van der Waals surface area contributed by atoms with Crippen LogP contribution in [-0.2, 0) is 17.8 Å². The van der Waals surface area contributed by atoms with Crippen molar-refractivity contribution >= 4 is 5.91 Å². The first-order chi connectivity index (χ1) is 13.1. The standard InChI is InChI=1S/C21H28N4O2/c1-3-18-22-23-19(27-18)14-25-11-9-21(10-12-25)13-17(20(26)24(2)15-21)16-7-5-4-6-8-16/h4-8,17H,3,9-15H2,1-2H3/t17-/m1/s1. The van der Waals surface area contributed by atoms with Crippen LogP contribution < -0.4 is 0 Å². The van der Waals surface area contributed by atoms with Crippen LogP contribution in [0, 0.1) is 5.41 Å². The smallest absolute Gasteiger partial charge is 0.230 e. The third-order valence-corrected chi connectivity index (χ3v) is 6.17. The van der Waals surface area contributed by atoms with E-state index in [1.165, 1.54) is 0 Å². The summed E-state index contributed by atoms with van der Waals surface area (Å²) >= 11 is 0. The molecule has 0 radical (unpaired) electrons. The summed E-state index contributed by atoms with van der Waals surface area (Å²) in [4.78, 5) is 17.1. The Labute approximate surface area is 160 Å². The molecule has 2 aliphatic rings. The maximum atomic E-state index is 12.8. The monoisotopic (exact) mass is 368 g/mol. The average Bonchev–Trinajstić information content (AvgIpc) is 3.15. The third-order valence-electron chi connectivity index (χ3n) is 6.17. The maximum absolute atomic E-state index is 12.8. The van der Waals surface area contributed by atoms with Crippen molar-refractivity contribution in [2.75, 3.05) is 26.7 Å². The quantitative estimate of drug-likeness (QED) is 0.830. The van der Waals surface area contributed by atoms with Gasteiger partial charge in [-0.2, -0.15) is 0 Å². The van der Waals surface area contributed by atoms with E-state index in [1.807, 2.05) is 37.1 Å². The summed E-state index contributed by atoms with van der Waals surface area (Å²) in [7, 11) is 1.95. The highest BCUT2D eigenvalue weighted by atomic mass is 16.4. The minimum Gasteiger partial charge on any atom is -0.424 e. The number of piperidine rings is 2. The van der Waals surface area contributed by atoms with E-state index in [4.69, 9.17) is 4.42 Å². The largest absolute Gasteiger partial charge is 0.424 e. The van der Waals surface area contributed by atoms with Crippen molar-refractivity contribution < 1.29 is 9.21 Å². The van der Waals surface area contributed by atoms with Gasteiger partial charge in [0.15, 0.2) is 0 Å². The molecule has 4 rings (SSSR count). The Hall–Kier alpha value is -2.21. The summed E-state index contributed by atoms with van der Waals surface area (Å²) in [5.41, 5.74) is 1.36. The van der Waals surface area contributed by atoms with Crippen molar-refractivity contribution in [3.8, 4) is 0 Å². The summed E-state index contributed by atoms with van der Waals surface area (Å²) in [5, 5.41) is 8.21. The number of likely N-dealkylation sites (tertiary alicyclic amines) is 2. The summed E-state index contributed by atoms with van der Waals surface area (Å²) in [6.45, 7) is 5.62. The molecule has 2 aromatic rings. The molecule has 6 nitrogen and oxygen atoms in total. The van der Waals surface area contributed by atoms with Crippen LogP contribution in [0.3, 0.4) is 0 Å². The summed E-state index contributed by atoms with van der Waals surface area (Å²) in [6, 6.07) is 10.2. The highest BCUT2D eigenvalue weighted by Gasteiger charge is 2.45. The molecule has 6 heteroatoms. The van der Waals surface area contributed by atoms with Crippen LogP contribution in [0.25, 0.3) is 0 Å². The number of aromatic nitrogens is 2. The van der Waals surface area contributed by atoms with E-state index in [0.717, 1.165) is 57.4 Å². The molecule has 27 heavy (non-hydrogen) atoms. The zero-order chi connectivity index (χ0) is 18.9. The van der Waals surface area contributed by atoms with Gasteiger partial charge in [-0.1, -0.05) is 37.3 Å². The minimum atomic E-state index is -0.0143. The predicted octanol–water partition coefficient (Wildman–Crippen LogP) is 2.86. The van der Waals surface area contributed by atoms with Gasteiger partial charge in [-0.3, -0.25) is 9.69 Å². The maximum Gasteiger partial charge on any atom is 0.230 e. The van der Waals surface area contributed by atoms with Crippen molar-refractivity contribution in [3.05, 3.63) is 47.7 Å². The first kappa shape index (κ1) is 18.2. The number of benzene rings is 1. The first-order valence-corrected chi connectivity index (χ1v) is 9.92. The zero-order valence-corrected chi connectivity index (χ0v) is 16.2. The van der Waals surface area contributed by atoms with E-state index in [2.05, 4.69) is 27.2 Å². The van der Waals surface area contributed by atoms with Crippen molar-refractivity contribution in [1.29, 1.82) is 0 Å². The molecule has 3 heterocycles. The second kappa shape index (κ2) is 7.43. The Morgan fingerprint density at radius 1 is 1.15 bits per heavy atom. The molecule has 0 N–H and O–H groups in total. The van der Waals surface area contributed by atoms with Crippen molar-refractivity contribution in [1.82, 2.24) is 20.0 Å². The van der Waals surface area contributed by atoms with Gasteiger partial charge in [-0.15, -0.1) is 10.2 Å². The number of rotatable bonds is 4. The third kappa shape index (κ3) is 3.76. The van der Waals surface area contributed by atoms with Gasteiger partial charge >= 0.3 is 0 Å². The lowest BCUT2D eigenvalue weighted by atomic mass is 9.68. The second-order valence-corrected chi connectivity index (χ2v) is 8.08. The molecule has 1 atom stereocenters. The Morgan fingerprint density at radius 2 is 1.85 bits per heavy atom. The van der Waals surface area contributed by atoms with Crippen molar-refractivity contribution in [3.63, 3.8) is 0 Å². The molecular formula is C21H28N4O2. The van der Waals surface area contributed by atoms with Gasteiger partial charge in [-0.05, 0) is 43.3 Å². The number of hydrogen-bond acceptors (Lipinski definition) is 5. The first-order valence-electron chi connectivity index (χ1n) is 9.92. The topological polar surface area (TPSA) is 62.5 Å². The number of amides is 1. The second-order valence-electron chi connectivity index (χ2n) is 8.08.